The SMILES string of the molecule is COCCOc1ccccc1C(O)C(OC)C(C)(C)C. The molecule has 0 saturated heterocycles. The number of methoxy groups -OCH3 is 2. The fourth-order valence-corrected chi connectivity index (χ4v) is 2.21. The second-order valence-electron chi connectivity index (χ2n) is 5.85. The summed E-state index contributed by atoms with van der Waals surface area (Å²) in [6, 6.07) is 7.49. The number of ether oxygens (including phenoxy) is 3. The summed E-state index contributed by atoms with van der Waals surface area (Å²) in [7, 11) is 3.25. The molecule has 0 aliphatic heterocycles. The van der Waals surface area contributed by atoms with Crippen molar-refractivity contribution in [3.8, 4) is 5.75 Å². The fraction of sp³-hybridized carbons (Fsp3) is 0.625. The lowest BCUT2D eigenvalue weighted by Crippen LogP contribution is -2.34. The summed E-state index contributed by atoms with van der Waals surface area (Å²) in [5, 5.41) is 10.6. The van der Waals surface area contributed by atoms with Gasteiger partial charge in [0.1, 0.15) is 18.5 Å². The van der Waals surface area contributed by atoms with E-state index in [4.69, 9.17) is 14.2 Å². The van der Waals surface area contributed by atoms with Gasteiger partial charge in [0, 0.05) is 19.8 Å². The van der Waals surface area contributed by atoms with Crippen LogP contribution in [-0.4, -0.2) is 38.6 Å². The van der Waals surface area contributed by atoms with E-state index >= 15 is 0 Å². The molecule has 0 aromatic heterocycles. The molecule has 0 saturated carbocycles. The smallest absolute Gasteiger partial charge is 0.125 e. The molecule has 0 bridgehead atoms. The molecule has 0 amide bonds. The van der Waals surface area contributed by atoms with Gasteiger partial charge in [-0.05, 0) is 11.5 Å². The monoisotopic (exact) mass is 282 g/mol. The third kappa shape index (κ3) is 4.47. The topological polar surface area (TPSA) is 47.9 Å². The molecule has 1 rings (SSSR count). The van der Waals surface area contributed by atoms with Gasteiger partial charge in [0.15, 0.2) is 0 Å². The summed E-state index contributed by atoms with van der Waals surface area (Å²) in [6.45, 7) is 7.08. The molecule has 0 aliphatic carbocycles. The minimum Gasteiger partial charge on any atom is -0.491 e. The van der Waals surface area contributed by atoms with Crippen molar-refractivity contribution in [2.45, 2.75) is 33.0 Å². The summed E-state index contributed by atoms with van der Waals surface area (Å²) >= 11 is 0. The lowest BCUT2D eigenvalue weighted by atomic mass is 9.83. The van der Waals surface area contributed by atoms with Crippen LogP contribution in [0.2, 0.25) is 0 Å². The van der Waals surface area contributed by atoms with E-state index in [9.17, 15) is 5.11 Å². The summed E-state index contributed by atoms with van der Waals surface area (Å²) in [5.41, 5.74) is 0.568. The van der Waals surface area contributed by atoms with Gasteiger partial charge in [-0.2, -0.15) is 0 Å². The Bertz CT molecular complexity index is 398. The Labute approximate surface area is 121 Å². The number of hydrogen-bond acceptors (Lipinski definition) is 4. The summed E-state index contributed by atoms with van der Waals surface area (Å²) in [5.74, 6) is 0.670. The first-order valence-electron chi connectivity index (χ1n) is 6.83. The van der Waals surface area contributed by atoms with Crippen LogP contribution >= 0.6 is 0 Å². The van der Waals surface area contributed by atoms with Gasteiger partial charge in [0.25, 0.3) is 0 Å². The standard InChI is InChI=1S/C16H26O4/c1-16(2,3)15(19-5)14(17)12-8-6-7-9-13(12)20-11-10-18-4/h6-9,14-15,17H,10-11H2,1-5H3. The first-order valence-corrected chi connectivity index (χ1v) is 6.83. The predicted molar refractivity (Wildman–Crippen MR) is 79.0 cm³/mol. The third-order valence-corrected chi connectivity index (χ3v) is 3.18. The van der Waals surface area contributed by atoms with Crippen molar-refractivity contribution in [2.75, 3.05) is 27.4 Å². The molecule has 20 heavy (non-hydrogen) atoms. The van der Waals surface area contributed by atoms with Crippen molar-refractivity contribution in [2.24, 2.45) is 5.41 Å². The molecule has 4 heteroatoms. The van der Waals surface area contributed by atoms with Gasteiger partial charge < -0.3 is 19.3 Å². The Morgan fingerprint density at radius 3 is 2.30 bits per heavy atom. The maximum Gasteiger partial charge on any atom is 0.125 e. The van der Waals surface area contributed by atoms with Crippen LogP contribution in [0.1, 0.15) is 32.4 Å². The predicted octanol–water partition coefficient (Wildman–Crippen LogP) is 2.81. The van der Waals surface area contributed by atoms with Crippen LogP contribution in [0.25, 0.3) is 0 Å². The number of aliphatic hydroxyl groups is 1. The molecule has 0 heterocycles. The van der Waals surface area contributed by atoms with Crippen molar-refractivity contribution < 1.29 is 19.3 Å². The van der Waals surface area contributed by atoms with E-state index in [0.717, 1.165) is 5.56 Å². The van der Waals surface area contributed by atoms with Crippen molar-refractivity contribution in [3.63, 3.8) is 0 Å². The maximum atomic E-state index is 10.6. The van der Waals surface area contributed by atoms with Crippen LogP contribution in [0.15, 0.2) is 24.3 Å². The van der Waals surface area contributed by atoms with Crippen molar-refractivity contribution >= 4 is 0 Å². The quantitative estimate of drug-likeness (QED) is 0.781. The van der Waals surface area contributed by atoms with E-state index < -0.39 is 6.10 Å². The molecule has 0 aliphatic rings. The fourth-order valence-electron chi connectivity index (χ4n) is 2.21. The van der Waals surface area contributed by atoms with Crippen molar-refractivity contribution in [1.29, 1.82) is 0 Å². The average molecular weight is 282 g/mol. The molecule has 114 valence electrons. The Morgan fingerprint density at radius 2 is 1.75 bits per heavy atom. The van der Waals surface area contributed by atoms with Gasteiger partial charge in [-0.15, -0.1) is 0 Å². The lowest BCUT2D eigenvalue weighted by molar-refractivity contribution is -0.0732. The number of para-hydroxylation sites is 1. The largest absolute Gasteiger partial charge is 0.491 e. The van der Waals surface area contributed by atoms with Gasteiger partial charge in [-0.25, -0.2) is 0 Å². The molecule has 2 atom stereocenters. The molecule has 1 N–H and O–H groups in total. The van der Waals surface area contributed by atoms with E-state index in [-0.39, 0.29) is 11.5 Å². The first kappa shape index (κ1) is 17.0. The second-order valence-corrected chi connectivity index (χ2v) is 5.85. The minimum atomic E-state index is -0.737. The van der Waals surface area contributed by atoms with E-state index in [1.54, 1.807) is 14.2 Å². The van der Waals surface area contributed by atoms with Crippen molar-refractivity contribution in [3.05, 3.63) is 29.8 Å². The number of aliphatic hydroxyl groups excluding tert-OH is 1. The molecule has 2 unspecified atom stereocenters. The van der Waals surface area contributed by atoms with Crippen LogP contribution in [-0.2, 0) is 9.47 Å². The van der Waals surface area contributed by atoms with Crippen LogP contribution in [0.3, 0.4) is 0 Å². The highest BCUT2D eigenvalue weighted by Crippen LogP contribution is 2.36. The Kier molecular flexibility index (Phi) is 6.46. The number of hydrogen-bond donors (Lipinski definition) is 1. The molecular formula is C16H26O4. The normalized spacial score (nSPS) is 14.9. The van der Waals surface area contributed by atoms with Gasteiger partial charge >= 0.3 is 0 Å². The van der Waals surface area contributed by atoms with Gasteiger partial charge in [0.05, 0.1) is 12.7 Å². The molecule has 1 aromatic rings. The summed E-state index contributed by atoms with van der Waals surface area (Å²) in [4.78, 5) is 0. The van der Waals surface area contributed by atoms with E-state index in [1.165, 1.54) is 0 Å². The second kappa shape index (κ2) is 7.62. The van der Waals surface area contributed by atoms with E-state index in [1.807, 2.05) is 45.0 Å². The highest BCUT2D eigenvalue weighted by atomic mass is 16.5. The summed E-state index contributed by atoms with van der Waals surface area (Å²) < 4.78 is 16.1. The van der Waals surface area contributed by atoms with Gasteiger partial charge in [-0.3, -0.25) is 0 Å². The minimum absolute atomic E-state index is 0.173. The lowest BCUT2D eigenvalue weighted by Gasteiger charge is -2.33. The van der Waals surface area contributed by atoms with Crippen LogP contribution in [0.5, 0.6) is 5.75 Å². The zero-order chi connectivity index (χ0) is 15.2. The molecule has 1 aromatic carbocycles. The van der Waals surface area contributed by atoms with Gasteiger partial charge in [0.2, 0.25) is 0 Å². The Balaban J connectivity index is 2.93. The zero-order valence-electron chi connectivity index (χ0n) is 13.1. The van der Waals surface area contributed by atoms with Crippen LogP contribution < -0.4 is 4.74 Å². The average Bonchev–Trinajstić information content (AvgIpc) is 2.38. The van der Waals surface area contributed by atoms with E-state index in [0.29, 0.717) is 19.0 Å². The third-order valence-electron chi connectivity index (χ3n) is 3.18. The Morgan fingerprint density at radius 1 is 1.10 bits per heavy atom. The van der Waals surface area contributed by atoms with Crippen molar-refractivity contribution in [1.82, 2.24) is 0 Å². The highest BCUT2D eigenvalue weighted by molar-refractivity contribution is 5.36. The molecular weight excluding hydrogens is 256 g/mol. The molecule has 0 radical (unpaired) electrons. The molecule has 0 spiro atoms. The van der Waals surface area contributed by atoms with Crippen LogP contribution in [0.4, 0.5) is 0 Å². The Hall–Kier alpha value is -1.10. The first-order chi connectivity index (χ1) is 9.41. The molecule has 4 nitrogen and oxygen atoms in total. The van der Waals surface area contributed by atoms with Gasteiger partial charge in [-0.1, -0.05) is 39.0 Å². The maximum absolute atomic E-state index is 10.6. The molecule has 0 fully saturated rings. The highest BCUT2D eigenvalue weighted by Gasteiger charge is 2.33. The van der Waals surface area contributed by atoms with E-state index in [2.05, 4.69) is 0 Å². The zero-order valence-corrected chi connectivity index (χ0v) is 13.1. The summed E-state index contributed by atoms with van der Waals surface area (Å²) in [6.07, 6.45) is -1.05. The number of benzene rings is 1. The number of rotatable bonds is 7. The van der Waals surface area contributed by atoms with Crippen LogP contribution in [0, 0.1) is 5.41 Å².